The van der Waals surface area contributed by atoms with E-state index in [9.17, 15) is 12.8 Å². The van der Waals surface area contributed by atoms with Crippen LogP contribution in [0.5, 0.6) is 17.2 Å². The lowest BCUT2D eigenvalue weighted by Crippen LogP contribution is -2.43. The lowest BCUT2D eigenvalue weighted by molar-refractivity contribution is 0.127. The largest absolute Gasteiger partial charge is 0.497 e. The molecule has 0 fully saturated rings. The SMILES string of the molecule is COc1ccc2[nH]c3c(c2c1)CC1c2cc(OC)c(OCc4ccc(S(C)(=O)=O)cc4)cc2CCN1C3c1ccc(F)cc1. The molecule has 2 unspecified atom stereocenters. The van der Waals surface area contributed by atoms with Crippen LogP contribution in [0.15, 0.2) is 83.8 Å². The minimum atomic E-state index is -3.26. The maximum atomic E-state index is 14.0. The van der Waals surface area contributed by atoms with Gasteiger partial charge in [-0.1, -0.05) is 24.3 Å². The molecule has 4 aromatic carbocycles. The van der Waals surface area contributed by atoms with E-state index in [1.807, 2.05) is 18.2 Å². The minimum Gasteiger partial charge on any atom is -0.497 e. The maximum absolute atomic E-state index is 14.0. The molecule has 2 atom stereocenters. The Labute approximate surface area is 256 Å². The molecule has 0 bridgehead atoms. The first-order valence-corrected chi connectivity index (χ1v) is 16.4. The number of aromatic nitrogens is 1. The first-order chi connectivity index (χ1) is 21.2. The Morgan fingerprint density at radius 2 is 1.70 bits per heavy atom. The molecule has 7 nitrogen and oxygen atoms in total. The van der Waals surface area contributed by atoms with E-state index >= 15 is 0 Å². The number of fused-ring (bicyclic) bond motifs is 6. The summed E-state index contributed by atoms with van der Waals surface area (Å²) in [5.74, 6) is 1.84. The Morgan fingerprint density at radius 1 is 0.932 bits per heavy atom. The Bertz CT molecular complexity index is 1970. The highest BCUT2D eigenvalue weighted by atomic mass is 32.2. The van der Waals surface area contributed by atoms with Crippen LogP contribution in [0.4, 0.5) is 4.39 Å². The van der Waals surface area contributed by atoms with Gasteiger partial charge in [-0.15, -0.1) is 0 Å². The number of sulfone groups is 1. The van der Waals surface area contributed by atoms with Gasteiger partial charge >= 0.3 is 0 Å². The van der Waals surface area contributed by atoms with E-state index in [4.69, 9.17) is 14.2 Å². The molecule has 1 aromatic heterocycles. The van der Waals surface area contributed by atoms with Crippen LogP contribution in [0, 0.1) is 5.82 Å². The van der Waals surface area contributed by atoms with E-state index in [2.05, 4.69) is 34.1 Å². The van der Waals surface area contributed by atoms with Crippen LogP contribution in [-0.2, 0) is 29.3 Å². The molecular weight excluding hydrogens is 579 g/mol. The quantitative estimate of drug-likeness (QED) is 0.225. The minimum absolute atomic E-state index is 0.0676. The molecule has 3 heterocycles. The van der Waals surface area contributed by atoms with Gasteiger partial charge in [0.25, 0.3) is 0 Å². The van der Waals surface area contributed by atoms with E-state index in [1.165, 1.54) is 35.1 Å². The van der Waals surface area contributed by atoms with Crippen LogP contribution in [0.25, 0.3) is 10.9 Å². The van der Waals surface area contributed by atoms with Gasteiger partial charge in [0.1, 0.15) is 18.2 Å². The van der Waals surface area contributed by atoms with Gasteiger partial charge in [-0.25, -0.2) is 12.8 Å². The van der Waals surface area contributed by atoms with E-state index < -0.39 is 9.84 Å². The molecule has 2 aliphatic rings. The highest BCUT2D eigenvalue weighted by Crippen LogP contribution is 2.50. The fourth-order valence-corrected chi connectivity index (χ4v) is 7.35. The lowest BCUT2D eigenvalue weighted by Gasteiger charge is -2.46. The highest BCUT2D eigenvalue weighted by Gasteiger charge is 2.41. The van der Waals surface area contributed by atoms with Crippen molar-refractivity contribution in [2.24, 2.45) is 0 Å². The van der Waals surface area contributed by atoms with E-state index in [0.29, 0.717) is 11.5 Å². The van der Waals surface area contributed by atoms with Crippen molar-refractivity contribution < 1.29 is 27.0 Å². The molecule has 0 spiro atoms. The molecule has 0 amide bonds. The molecule has 0 aliphatic carbocycles. The lowest BCUT2D eigenvalue weighted by atomic mass is 9.80. The van der Waals surface area contributed by atoms with E-state index in [0.717, 1.165) is 52.9 Å². The summed E-state index contributed by atoms with van der Waals surface area (Å²) in [7, 11) is 0.0575. The van der Waals surface area contributed by atoms with Crippen LogP contribution >= 0.6 is 0 Å². The van der Waals surface area contributed by atoms with Gasteiger partial charge in [0.05, 0.1) is 25.2 Å². The van der Waals surface area contributed by atoms with Gasteiger partial charge in [-0.2, -0.15) is 0 Å². The fourth-order valence-electron chi connectivity index (χ4n) is 6.72. The molecule has 0 saturated heterocycles. The van der Waals surface area contributed by atoms with E-state index in [-0.39, 0.29) is 29.4 Å². The molecule has 5 aromatic rings. The molecule has 0 saturated carbocycles. The van der Waals surface area contributed by atoms with Crippen molar-refractivity contribution in [1.29, 1.82) is 0 Å². The summed E-state index contributed by atoms with van der Waals surface area (Å²) in [6, 6.07) is 23.8. The molecule has 2 aliphatic heterocycles. The summed E-state index contributed by atoms with van der Waals surface area (Å²) in [4.78, 5) is 6.48. The number of benzene rings is 4. The molecule has 9 heteroatoms. The second-order valence-electron chi connectivity index (χ2n) is 11.5. The average molecular weight is 613 g/mol. The van der Waals surface area contributed by atoms with E-state index in [1.54, 1.807) is 38.5 Å². The van der Waals surface area contributed by atoms with Gasteiger partial charge in [0.15, 0.2) is 21.3 Å². The maximum Gasteiger partial charge on any atom is 0.175 e. The number of H-pyrrole nitrogens is 1. The van der Waals surface area contributed by atoms with Crippen molar-refractivity contribution in [3.05, 3.63) is 118 Å². The Kier molecular flexibility index (Phi) is 7.10. The standard InChI is InChI=1S/C35H33FN2O5S/c1-41-25-10-13-30-28(17-25)29-18-31-27-19-32(42-2)33(43-20-21-4-11-26(12-5-21)44(3,39)40)16-23(27)14-15-38(31)35(34(29)37-30)22-6-8-24(36)9-7-22/h4-13,16-17,19,31,35,37H,14-15,18,20H2,1-3H3. The number of rotatable bonds is 7. The van der Waals surface area contributed by atoms with Gasteiger partial charge in [0, 0.05) is 35.4 Å². The summed E-state index contributed by atoms with van der Waals surface area (Å²) < 4.78 is 55.3. The normalized spacial score (nSPS) is 17.9. The van der Waals surface area contributed by atoms with Gasteiger partial charge in [0.2, 0.25) is 0 Å². The van der Waals surface area contributed by atoms with Crippen molar-refractivity contribution in [3.63, 3.8) is 0 Å². The van der Waals surface area contributed by atoms with Gasteiger partial charge in [-0.3, -0.25) is 4.90 Å². The van der Waals surface area contributed by atoms with Crippen LogP contribution < -0.4 is 14.2 Å². The van der Waals surface area contributed by atoms with Crippen LogP contribution in [0.3, 0.4) is 0 Å². The van der Waals surface area contributed by atoms with Gasteiger partial charge < -0.3 is 19.2 Å². The zero-order chi connectivity index (χ0) is 30.6. The number of aromatic amines is 1. The smallest absolute Gasteiger partial charge is 0.175 e. The Balaban J connectivity index is 1.26. The number of hydrogen-bond acceptors (Lipinski definition) is 6. The zero-order valence-electron chi connectivity index (χ0n) is 24.8. The second-order valence-corrected chi connectivity index (χ2v) is 13.5. The summed E-state index contributed by atoms with van der Waals surface area (Å²) in [6.07, 6.45) is 2.81. The Morgan fingerprint density at radius 3 is 2.41 bits per heavy atom. The molecule has 7 rings (SSSR count). The van der Waals surface area contributed by atoms with Gasteiger partial charge in [-0.05, 0) is 95.3 Å². The molecule has 0 radical (unpaired) electrons. The zero-order valence-corrected chi connectivity index (χ0v) is 25.6. The first kappa shape index (κ1) is 28.4. The third-order valence-corrected chi connectivity index (χ3v) is 10.0. The molecule has 1 N–H and O–H groups in total. The molecule has 44 heavy (non-hydrogen) atoms. The third kappa shape index (κ3) is 5.00. The predicted molar refractivity (Wildman–Crippen MR) is 167 cm³/mol. The number of halogens is 1. The molecular formula is C35H33FN2O5S. The monoisotopic (exact) mass is 612 g/mol. The highest BCUT2D eigenvalue weighted by molar-refractivity contribution is 7.90. The predicted octanol–water partition coefficient (Wildman–Crippen LogP) is 6.55. The second kappa shape index (κ2) is 11.0. The first-order valence-electron chi connectivity index (χ1n) is 14.6. The number of hydrogen-bond donors (Lipinski definition) is 1. The van der Waals surface area contributed by atoms with Crippen molar-refractivity contribution in [2.45, 2.75) is 36.4 Å². The van der Waals surface area contributed by atoms with Crippen LogP contribution in [0.1, 0.15) is 45.6 Å². The van der Waals surface area contributed by atoms with Crippen molar-refractivity contribution in [2.75, 3.05) is 27.0 Å². The summed E-state index contributed by atoms with van der Waals surface area (Å²) in [5, 5.41) is 1.13. The van der Waals surface area contributed by atoms with Crippen molar-refractivity contribution in [1.82, 2.24) is 9.88 Å². The summed E-state index contributed by atoms with van der Waals surface area (Å²) in [6.45, 7) is 1.10. The number of ether oxygens (including phenoxy) is 3. The Hall–Kier alpha value is -4.34. The number of nitrogens with one attached hydrogen (secondary N) is 1. The third-order valence-electron chi connectivity index (χ3n) is 8.90. The van der Waals surface area contributed by atoms with Crippen LogP contribution in [-0.4, -0.2) is 45.3 Å². The summed E-state index contributed by atoms with van der Waals surface area (Å²) >= 11 is 0. The van der Waals surface area contributed by atoms with Crippen LogP contribution in [0.2, 0.25) is 0 Å². The van der Waals surface area contributed by atoms with Crippen molar-refractivity contribution in [3.8, 4) is 17.2 Å². The fraction of sp³-hybridized carbons (Fsp3) is 0.257. The average Bonchev–Trinajstić information content (AvgIpc) is 3.39. The number of nitrogens with zero attached hydrogens (tertiary/aromatic N) is 1. The molecule has 226 valence electrons. The topological polar surface area (TPSA) is 80.9 Å². The summed E-state index contributed by atoms with van der Waals surface area (Å²) in [5.41, 5.74) is 7.70. The number of methoxy groups -OCH3 is 2. The van der Waals surface area contributed by atoms with Crippen molar-refractivity contribution >= 4 is 20.7 Å².